The van der Waals surface area contributed by atoms with Crippen LogP contribution in [0.3, 0.4) is 0 Å². The van der Waals surface area contributed by atoms with E-state index in [-0.39, 0.29) is 36.7 Å². The third-order valence-corrected chi connectivity index (χ3v) is 5.23. The van der Waals surface area contributed by atoms with Crippen LogP contribution in [-0.2, 0) is 25.5 Å². The minimum atomic E-state index is -0.0508. The number of carbonyl (C=O) groups is 2. The van der Waals surface area contributed by atoms with Gasteiger partial charge in [-0.1, -0.05) is 0 Å². The Hall–Kier alpha value is -2.06. The van der Waals surface area contributed by atoms with Crippen LogP contribution in [0.5, 0.6) is 0 Å². The Balaban J connectivity index is 1.42. The maximum atomic E-state index is 12.6. The van der Waals surface area contributed by atoms with Crippen molar-refractivity contribution in [3.05, 3.63) is 24.3 Å². The monoisotopic (exact) mass is 376 g/mol. The molecule has 0 aromatic carbocycles. The van der Waals surface area contributed by atoms with Gasteiger partial charge in [0, 0.05) is 39.5 Å². The fourth-order valence-electron chi connectivity index (χ4n) is 3.69. The number of likely N-dealkylation sites (N-methyl/N-ethyl adjacent to an activating group) is 1. The molecule has 3 heterocycles. The Morgan fingerprint density at radius 1 is 1.26 bits per heavy atom. The molecule has 3 rings (SSSR count). The second-order valence-electron chi connectivity index (χ2n) is 7.37. The van der Waals surface area contributed by atoms with Gasteiger partial charge in [-0.2, -0.15) is 0 Å². The first kappa shape index (κ1) is 19.7. The van der Waals surface area contributed by atoms with Gasteiger partial charge >= 0.3 is 0 Å². The molecule has 0 spiro atoms. The average Bonchev–Trinajstić information content (AvgIpc) is 3.10. The molecule has 0 unspecified atom stereocenters. The zero-order valence-electron chi connectivity index (χ0n) is 16.0. The van der Waals surface area contributed by atoms with E-state index in [1.165, 1.54) is 11.2 Å². The van der Waals surface area contributed by atoms with Crippen LogP contribution >= 0.6 is 0 Å². The highest BCUT2D eigenvalue weighted by Crippen LogP contribution is 2.32. The number of amides is 2. The van der Waals surface area contributed by atoms with Crippen LogP contribution in [0.25, 0.3) is 0 Å². The largest absolute Gasteiger partial charge is 0.370 e. The number of likely N-dealkylation sites (tertiary alicyclic amines) is 1. The number of hydrogen-bond donors (Lipinski definition) is 0. The van der Waals surface area contributed by atoms with Gasteiger partial charge in [0.25, 0.3) is 0 Å². The van der Waals surface area contributed by atoms with Crippen molar-refractivity contribution in [2.24, 2.45) is 0 Å². The Morgan fingerprint density at radius 2 is 2.04 bits per heavy atom. The van der Waals surface area contributed by atoms with Gasteiger partial charge in [-0.15, -0.1) is 0 Å². The van der Waals surface area contributed by atoms with Gasteiger partial charge in [-0.3, -0.25) is 9.59 Å². The van der Waals surface area contributed by atoms with E-state index in [1.54, 1.807) is 26.5 Å². The normalized spacial score (nSPS) is 24.5. The second kappa shape index (κ2) is 9.23. The summed E-state index contributed by atoms with van der Waals surface area (Å²) in [6.45, 7) is 1.24. The van der Waals surface area contributed by atoms with Crippen molar-refractivity contribution in [1.29, 1.82) is 0 Å². The molecule has 1 aromatic rings. The van der Waals surface area contributed by atoms with E-state index in [2.05, 4.69) is 9.97 Å². The van der Waals surface area contributed by atoms with E-state index in [1.807, 2.05) is 4.90 Å². The van der Waals surface area contributed by atoms with Crippen LogP contribution < -0.4 is 0 Å². The summed E-state index contributed by atoms with van der Waals surface area (Å²) >= 11 is 0. The van der Waals surface area contributed by atoms with Crippen LogP contribution in [0, 0.1) is 0 Å². The van der Waals surface area contributed by atoms with Crippen molar-refractivity contribution in [3.63, 3.8) is 0 Å². The fourth-order valence-corrected chi connectivity index (χ4v) is 3.69. The van der Waals surface area contributed by atoms with Gasteiger partial charge in [0.1, 0.15) is 12.9 Å². The lowest BCUT2D eigenvalue weighted by atomic mass is 9.99. The molecule has 3 atom stereocenters. The highest BCUT2D eigenvalue weighted by Gasteiger charge is 2.41. The molecule has 0 radical (unpaired) electrons. The van der Waals surface area contributed by atoms with Crippen molar-refractivity contribution in [3.8, 4) is 0 Å². The molecule has 8 nitrogen and oxygen atoms in total. The molecule has 1 aromatic heterocycles. The number of rotatable bonds is 7. The molecule has 2 aliphatic rings. The minimum absolute atomic E-state index is 0.00210. The number of hydrogen-bond acceptors (Lipinski definition) is 6. The van der Waals surface area contributed by atoms with Crippen molar-refractivity contribution < 1.29 is 19.1 Å². The van der Waals surface area contributed by atoms with Crippen molar-refractivity contribution >= 4 is 11.8 Å². The molecule has 148 valence electrons. The van der Waals surface area contributed by atoms with Gasteiger partial charge in [0.05, 0.1) is 24.9 Å². The number of aromatic nitrogens is 2. The lowest BCUT2D eigenvalue weighted by Gasteiger charge is -2.36. The molecule has 8 heteroatoms. The maximum absolute atomic E-state index is 12.6. The van der Waals surface area contributed by atoms with Gasteiger partial charge in [0.15, 0.2) is 0 Å². The third kappa shape index (κ3) is 5.23. The Labute approximate surface area is 159 Å². The van der Waals surface area contributed by atoms with E-state index in [4.69, 9.17) is 9.47 Å². The summed E-state index contributed by atoms with van der Waals surface area (Å²) in [5, 5.41) is 0. The van der Waals surface area contributed by atoms with Crippen LogP contribution in [-0.4, -0.2) is 83.7 Å². The van der Waals surface area contributed by atoms with Gasteiger partial charge in [-0.25, -0.2) is 9.97 Å². The molecule has 0 N–H and O–H groups in total. The first-order chi connectivity index (χ1) is 13.0. The highest BCUT2D eigenvalue weighted by molar-refractivity contribution is 5.77. The predicted molar refractivity (Wildman–Crippen MR) is 97.9 cm³/mol. The predicted octanol–water partition coefficient (Wildman–Crippen LogP) is 0.663. The molecule has 2 amide bonds. The number of carbonyl (C=O) groups excluding carboxylic acids is 2. The smallest absolute Gasteiger partial charge is 0.248 e. The quantitative estimate of drug-likeness (QED) is 0.695. The first-order valence-corrected chi connectivity index (χ1v) is 9.51. The second-order valence-corrected chi connectivity index (χ2v) is 7.37. The molecule has 2 fully saturated rings. The van der Waals surface area contributed by atoms with Gasteiger partial charge in [-0.05, 0) is 31.2 Å². The lowest BCUT2D eigenvalue weighted by molar-refractivity contribution is -0.143. The summed E-state index contributed by atoms with van der Waals surface area (Å²) in [6.07, 6.45) is 8.81. The summed E-state index contributed by atoms with van der Waals surface area (Å²) in [5.74, 6) is 0.117. The number of aryl methyl sites for hydroxylation is 1. The zero-order chi connectivity index (χ0) is 19.2. The molecular weight excluding hydrogens is 348 g/mol. The van der Waals surface area contributed by atoms with E-state index >= 15 is 0 Å². The van der Waals surface area contributed by atoms with Crippen LogP contribution in [0.1, 0.15) is 31.2 Å². The van der Waals surface area contributed by atoms with Crippen LogP contribution in [0.4, 0.5) is 0 Å². The number of nitrogens with zero attached hydrogens (tertiary/aromatic N) is 4. The van der Waals surface area contributed by atoms with E-state index < -0.39 is 0 Å². The van der Waals surface area contributed by atoms with Gasteiger partial charge in [0.2, 0.25) is 11.8 Å². The molecule has 2 saturated heterocycles. The van der Waals surface area contributed by atoms with Crippen molar-refractivity contribution in [2.75, 3.05) is 33.9 Å². The average molecular weight is 376 g/mol. The van der Waals surface area contributed by atoms with Gasteiger partial charge < -0.3 is 19.3 Å². The number of ether oxygens (including phenoxy) is 2. The van der Waals surface area contributed by atoms with Crippen LogP contribution in [0.2, 0.25) is 0 Å². The fraction of sp³-hybridized carbons (Fsp3) is 0.684. The third-order valence-electron chi connectivity index (χ3n) is 5.23. The molecular formula is C19H28N4O4. The van der Waals surface area contributed by atoms with E-state index in [9.17, 15) is 9.59 Å². The first-order valence-electron chi connectivity index (χ1n) is 9.51. The van der Waals surface area contributed by atoms with E-state index in [0.717, 1.165) is 31.4 Å². The summed E-state index contributed by atoms with van der Waals surface area (Å²) in [5.41, 5.74) is 0.978. The standard InChI is InChI=1S/C19H28N4O4/c1-22(2)19(25)12-26-11-15-4-5-16-17(27-15)7-8-23(16)18(24)6-3-14-9-20-13-21-10-14/h9-10,13,15-17H,3-8,11-12H2,1-2H3/t15-,16+,17+/m0/s1. The Bertz CT molecular complexity index is 640. The molecule has 0 aliphatic carbocycles. The summed E-state index contributed by atoms with van der Waals surface area (Å²) < 4.78 is 11.6. The molecule has 27 heavy (non-hydrogen) atoms. The SMILES string of the molecule is CN(C)C(=O)COC[C@@H]1CC[C@@H]2[C@@H](CCN2C(=O)CCc2cncnc2)O1. The molecule has 0 bridgehead atoms. The Morgan fingerprint density at radius 3 is 2.78 bits per heavy atom. The summed E-state index contributed by atoms with van der Waals surface area (Å²) in [6, 6.07) is 0.157. The Kier molecular flexibility index (Phi) is 6.73. The molecule has 2 aliphatic heterocycles. The number of fused-ring (bicyclic) bond motifs is 1. The van der Waals surface area contributed by atoms with E-state index in [0.29, 0.717) is 19.4 Å². The minimum Gasteiger partial charge on any atom is -0.370 e. The van der Waals surface area contributed by atoms with Crippen LogP contribution in [0.15, 0.2) is 18.7 Å². The molecule has 0 saturated carbocycles. The lowest BCUT2D eigenvalue weighted by Crippen LogP contribution is -2.46. The van der Waals surface area contributed by atoms with Crippen molar-refractivity contribution in [1.82, 2.24) is 19.8 Å². The summed E-state index contributed by atoms with van der Waals surface area (Å²) in [4.78, 5) is 35.6. The van der Waals surface area contributed by atoms with Crippen molar-refractivity contribution in [2.45, 2.75) is 50.4 Å². The topological polar surface area (TPSA) is 84.9 Å². The summed E-state index contributed by atoms with van der Waals surface area (Å²) in [7, 11) is 3.42. The zero-order valence-corrected chi connectivity index (χ0v) is 16.0. The highest BCUT2D eigenvalue weighted by atomic mass is 16.5. The maximum Gasteiger partial charge on any atom is 0.248 e.